The minimum Gasteiger partial charge on any atom is -0.383 e. The summed E-state index contributed by atoms with van der Waals surface area (Å²) in [5.41, 5.74) is 5.13. The van der Waals surface area contributed by atoms with Crippen LogP contribution in [0.15, 0.2) is 29.0 Å². The van der Waals surface area contributed by atoms with E-state index in [-0.39, 0.29) is 31.2 Å². The molecule has 1 aliphatic heterocycles. The van der Waals surface area contributed by atoms with Crippen molar-refractivity contribution in [3.63, 3.8) is 0 Å². The Kier molecular flexibility index (Phi) is 10.0. The molecule has 2 heterocycles. The Morgan fingerprint density at radius 3 is 2.76 bits per heavy atom. The zero-order valence-electron chi connectivity index (χ0n) is 17.2. The molecule has 1 aliphatic rings. The number of aryl methyl sites for hydroxylation is 1. The van der Waals surface area contributed by atoms with Gasteiger partial charge in [0, 0.05) is 31.1 Å². The van der Waals surface area contributed by atoms with Crippen LogP contribution >= 0.6 is 7.60 Å². The molecule has 1 aromatic heterocycles. The van der Waals surface area contributed by atoms with Gasteiger partial charge >= 0.3 is 13.3 Å². The van der Waals surface area contributed by atoms with E-state index in [4.69, 9.17) is 24.3 Å². The molecule has 29 heavy (non-hydrogen) atoms. The van der Waals surface area contributed by atoms with Gasteiger partial charge in [-0.05, 0) is 45.6 Å². The van der Waals surface area contributed by atoms with Crippen molar-refractivity contribution in [2.45, 2.75) is 52.4 Å². The largest absolute Gasteiger partial charge is 0.383 e. The van der Waals surface area contributed by atoms with E-state index in [0.29, 0.717) is 26.2 Å². The lowest BCUT2D eigenvalue weighted by molar-refractivity contribution is -0.167. The molecular formula is C19H32N3O6P. The summed E-state index contributed by atoms with van der Waals surface area (Å²) < 4.78 is 36.3. The van der Waals surface area contributed by atoms with Crippen LogP contribution in [0, 0.1) is 5.92 Å². The number of aromatic nitrogens is 2. The van der Waals surface area contributed by atoms with Crippen LogP contribution in [0.3, 0.4) is 0 Å². The van der Waals surface area contributed by atoms with Crippen LogP contribution in [-0.2, 0) is 29.6 Å². The zero-order valence-corrected chi connectivity index (χ0v) is 18.1. The van der Waals surface area contributed by atoms with E-state index in [9.17, 15) is 9.36 Å². The van der Waals surface area contributed by atoms with E-state index in [0.717, 1.165) is 19.3 Å². The predicted octanol–water partition coefficient (Wildman–Crippen LogP) is 3.15. The van der Waals surface area contributed by atoms with E-state index < -0.39 is 13.3 Å². The van der Waals surface area contributed by atoms with Crippen molar-refractivity contribution in [3.05, 3.63) is 34.6 Å². The summed E-state index contributed by atoms with van der Waals surface area (Å²) >= 11 is 0. The normalized spacial score (nSPS) is 18.9. The maximum absolute atomic E-state index is 12.7. The van der Waals surface area contributed by atoms with Crippen LogP contribution in [0.25, 0.3) is 0 Å². The third kappa shape index (κ3) is 8.40. The number of nitrogens with zero attached hydrogens (tertiary/aromatic N) is 2. The number of ether oxygens (including phenoxy) is 2. The first-order valence-corrected chi connectivity index (χ1v) is 11.7. The minimum absolute atomic E-state index is 0.112. The minimum atomic E-state index is -3.31. The standard InChI is InChI=1S/C19H32N3O6P/c1-3-27-29(24,28-4-2)14-10-16(15-26-18-7-5-6-13-25-18)8-11-22-12-9-17(20)21-19(22)23/h9-10,12,14,16,18H,3-8,11,13,15H2,1-2H3,(H2,20,21,23)/t16-,18+/m0/s1. The zero-order chi connectivity index (χ0) is 21.1. The average molecular weight is 429 g/mol. The first kappa shape index (κ1) is 23.8. The lowest BCUT2D eigenvalue weighted by atomic mass is 10.1. The number of nitrogen functional groups attached to an aromatic ring is 1. The predicted molar refractivity (Wildman–Crippen MR) is 111 cm³/mol. The highest BCUT2D eigenvalue weighted by Gasteiger charge is 2.21. The fourth-order valence-electron chi connectivity index (χ4n) is 2.94. The molecule has 2 N–H and O–H groups in total. The smallest absolute Gasteiger partial charge is 0.353 e. The number of hydrogen-bond donors (Lipinski definition) is 1. The first-order valence-electron chi connectivity index (χ1n) is 10.1. The van der Waals surface area contributed by atoms with Gasteiger partial charge in [-0.15, -0.1) is 0 Å². The Balaban J connectivity index is 2.05. The van der Waals surface area contributed by atoms with Gasteiger partial charge in [-0.25, -0.2) is 4.79 Å². The maximum Gasteiger partial charge on any atom is 0.353 e. The van der Waals surface area contributed by atoms with Crippen LogP contribution in [-0.4, -0.2) is 42.3 Å². The second-order valence-corrected chi connectivity index (χ2v) is 8.62. The van der Waals surface area contributed by atoms with Crippen LogP contribution in [0.5, 0.6) is 0 Å². The summed E-state index contributed by atoms with van der Waals surface area (Å²) in [7, 11) is -3.31. The summed E-state index contributed by atoms with van der Waals surface area (Å²) in [6.45, 7) is 5.58. The van der Waals surface area contributed by atoms with E-state index in [1.54, 1.807) is 32.2 Å². The van der Waals surface area contributed by atoms with Gasteiger partial charge in [0.25, 0.3) is 0 Å². The monoisotopic (exact) mass is 429 g/mol. The molecule has 0 aromatic carbocycles. The van der Waals surface area contributed by atoms with Crippen LogP contribution in [0.2, 0.25) is 0 Å². The van der Waals surface area contributed by atoms with Crippen molar-refractivity contribution in [3.8, 4) is 0 Å². The average Bonchev–Trinajstić information content (AvgIpc) is 2.70. The second-order valence-electron chi connectivity index (χ2n) is 6.72. The Hall–Kier alpha value is -1.51. The highest BCUT2D eigenvalue weighted by atomic mass is 31.2. The Bertz CT molecular complexity index is 738. The van der Waals surface area contributed by atoms with Gasteiger partial charge in [-0.3, -0.25) is 9.13 Å². The van der Waals surface area contributed by atoms with Gasteiger partial charge < -0.3 is 24.3 Å². The molecule has 164 valence electrons. The number of nitrogens with two attached hydrogens (primary N) is 1. The molecule has 9 nitrogen and oxygen atoms in total. The molecule has 0 radical (unpaired) electrons. The number of anilines is 1. The molecule has 2 atom stereocenters. The molecule has 0 amide bonds. The molecule has 0 unspecified atom stereocenters. The van der Waals surface area contributed by atoms with E-state index in [1.165, 1.54) is 10.4 Å². The van der Waals surface area contributed by atoms with Crippen LogP contribution in [0.1, 0.15) is 39.5 Å². The quantitative estimate of drug-likeness (QED) is 0.504. The van der Waals surface area contributed by atoms with Crippen LogP contribution in [0.4, 0.5) is 5.82 Å². The highest BCUT2D eigenvalue weighted by molar-refractivity contribution is 7.57. The summed E-state index contributed by atoms with van der Waals surface area (Å²) in [5, 5.41) is 0. The fourth-order valence-corrected chi connectivity index (χ4v) is 4.36. The number of hydrogen-bond acceptors (Lipinski definition) is 8. The van der Waals surface area contributed by atoms with Gasteiger partial charge in [0.15, 0.2) is 6.29 Å². The SMILES string of the molecule is CCOP(=O)(C=C[C@H](CCn1ccc(N)nc1=O)CO[C@@H]1CCCCO1)OCC. The fraction of sp³-hybridized carbons (Fsp3) is 0.684. The molecule has 1 aromatic rings. The van der Waals surface area contributed by atoms with Crippen molar-refractivity contribution in [1.82, 2.24) is 9.55 Å². The van der Waals surface area contributed by atoms with Crippen molar-refractivity contribution >= 4 is 13.4 Å². The van der Waals surface area contributed by atoms with Gasteiger partial charge in [-0.2, -0.15) is 4.98 Å². The molecule has 0 aliphatic carbocycles. The highest BCUT2D eigenvalue weighted by Crippen LogP contribution is 2.49. The van der Waals surface area contributed by atoms with Crippen molar-refractivity contribution < 1.29 is 23.1 Å². The lowest BCUT2D eigenvalue weighted by Crippen LogP contribution is -2.27. The van der Waals surface area contributed by atoms with E-state index in [2.05, 4.69) is 4.98 Å². The lowest BCUT2D eigenvalue weighted by Gasteiger charge is -2.25. The molecule has 0 bridgehead atoms. The molecular weight excluding hydrogens is 397 g/mol. The maximum atomic E-state index is 12.7. The molecule has 0 spiro atoms. The summed E-state index contributed by atoms with van der Waals surface area (Å²) in [6, 6.07) is 1.58. The first-order chi connectivity index (χ1) is 14.0. The molecule has 1 fully saturated rings. The number of rotatable bonds is 12. The van der Waals surface area contributed by atoms with E-state index >= 15 is 0 Å². The second kappa shape index (κ2) is 12.2. The van der Waals surface area contributed by atoms with Crippen LogP contribution < -0.4 is 11.4 Å². The Morgan fingerprint density at radius 2 is 2.14 bits per heavy atom. The van der Waals surface area contributed by atoms with Crippen molar-refractivity contribution in [2.75, 3.05) is 32.2 Å². The van der Waals surface area contributed by atoms with Gasteiger partial charge in [0.2, 0.25) is 0 Å². The topological polar surface area (TPSA) is 115 Å². The molecule has 2 rings (SSSR count). The Labute approximate surface area is 171 Å². The molecule has 1 saturated heterocycles. The van der Waals surface area contributed by atoms with Crippen molar-refractivity contribution in [1.29, 1.82) is 0 Å². The van der Waals surface area contributed by atoms with Gasteiger partial charge in [0.05, 0.1) is 19.8 Å². The summed E-state index contributed by atoms with van der Waals surface area (Å²) in [5.74, 6) is 1.56. The Morgan fingerprint density at radius 1 is 1.38 bits per heavy atom. The summed E-state index contributed by atoms with van der Waals surface area (Å²) in [4.78, 5) is 15.7. The molecule has 0 saturated carbocycles. The van der Waals surface area contributed by atoms with E-state index in [1.807, 2.05) is 0 Å². The van der Waals surface area contributed by atoms with Crippen molar-refractivity contribution in [2.24, 2.45) is 5.92 Å². The summed E-state index contributed by atoms with van der Waals surface area (Å²) in [6.07, 6.45) is 6.71. The third-order valence-corrected chi connectivity index (χ3v) is 6.20. The third-order valence-electron chi connectivity index (χ3n) is 4.43. The molecule has 10 heteroatoms. The van der Waals surface area contributed by atoms with Gasteiger partial charge in [-0.1, -0.05) is 6.08 Å². The van der Waals surface area contributed by atoms with Gasteiger partial charge in [0.1, 0.15) is 5.82 Å².